The van der Waals surface area contributed by atoms with E-state index in [2.05, 4.69) is 15.5 Å². The molecule has 0 aliphatic rings. The van der Waals surface area contributed by atoms with Gasteiger partial charge in [0, 0.05) is 0 Å². The second-order valence-electron chi connectivity index (χ2n) is 5.99. The molecule has 1 atom stereocenters. The highest BCUT2D eigenvalue weighted by atomic mass is 35.5. The lowest BCUT2D eigenvalue weighted by Gasteiger charge is -2.29. The molecule has 0 fully saturated rings. The van der Waals surface area contributed by atoms with E-state index in [0.717, 1.165) is 10.4 Å². The fourth-order valence-electron chi connectivity index (χ4n) is 2.06. The third-order valence-electron chi connectivity index (χ3n) is 3.26. The predicted octanol–water partition coefficient (Wildman–Crippen LogP) is 3.43. The number of halogens is 1. The van der Waals surface area contributed by atoms with Gasteiger partial charge in [-0.1, -0.05) is 32.4 Å². The highest BCUT2D eigenvalue weighted by Crippen LogP contribution is 2.39. The maximum Gasteiger partial charge on any atom is 0.305 e. The maximum absolute atomic E-state index is 11.2. The normalized spacial score (nSPS) is 13.4. The molecule has 2 heterocycles. The number of hydrogen-bond acceptors (Lipinski definition) is 5. The number of aromatic nitrogens is 4. The molecule has 114 valence electrons. The topological polar surface area (TPSA) is 80.9 Å². The molecule has 21 heavy (non-hydrogen) atoms. The lowest BCUT2D eigenvalue weighted by molar-refractivity contribution is -0.138. The van der Waals surface area contributed by atoms with Gasteiger partial charge in [0.05, 0.1) is 22.4 Å². The molecule has 2 aromatic rings. The standard InChI is InChI=1S/C13H17ClN4O2S/c1-7-6-21-11(10(7)14)12-15-16-17-18(12)8(5-9(19)20)13(2,3)4/h6,8H,5H2,1-4H3,(H,19,20). The summed E-state index contributed by atoms with van der Waals surface area (Å²) in [6.07, 6.45) is -0.0521. The molecule has 0 amide bonds. The number of carboxylic acids is 1. The molecule has 1 unspecified atom stereocenters. The number of hydrogen-bond donors (Lipinski definition) is 1. The molecular weight excluding hydrogens is 312 g/mol. The van der Waals surface area contributed by atoms with Crippen LogP contribution in [-0.2, 0) is 4.79 Å². The molecule has 0 aromatic carbocycles. The van der Waals surface area contributed by atoms with Crippen molar-refractivity contribution in [3.8, 4) is 10.7 Å². The number of thiophene rings is 1. The average Bonchev–Trinajstić information content (AvgIpc) is 2.93. The van der Waals surface area contributed by atoms with Crippen molar-refractivity contribution in [3.05, 3.63) is 16.0 Å². The van der Waals surface area contributed by atoms with Crippen molar-refractivity contribution in [1.82, 2.24) is 20.2 Å². The summed E-state index contributed by atoms with van der Waals surface area (Å²) in [7, 11) is 0. The van der Waals surface area contributed by atoms with E-state index in [4.69, 9.17) is 16.7 Å². The summed E-state index contributed by atoms with van der Waals surface area (Å²) < 4.78 is 1.57. The molecule has 6 nitrogen and oxygen atoms in total. The van der Waals surface area contributed by atoms with Crippen LogP contribution in [0.1, 0.15) is 38.8 Å². The van der Waals surface area contributed by atoms with Crippen LogP contribution in [0, 0.1) is 12.3 Å². The molecule has 0 radical (unpaired) electrons. The Labute approximate surface area is 131 Å². The van der Waals surface area contributed by atoms with Crippen molar-refractivity contribution in [2.45, 2.75) is 40.2 Å². The van der Waals surface area contributed by atoms with Gasteiger partial charge in [-0.25, -0.2) is 4.68 Å². The smallest absolute Gasteiger partial charge is 0.305 e. The Hall–Kier alpha value is -1.47. The van der Waals surface area contributed by atoms with Crippen molar-refractivity contribution in [2.24, 2.45) is 5.41 Å². The Balaban J connectivity index is 2.51. The van der Waals surface area contributed by atoms with E-state index in [1.807, 2.05) is 33.1 Å². The van der Waals surface area contributed by atoms with Crippen LogP contribution in [-0.4, -0.2) is 31.3 Å². The lowest BCUT2D eigenvalue weighted by Crippen LogP contribution is -2.28. The number of aryl methyl sites for hydroxylation is 1. The summed E-state index contributed by atoms with van der Waals surface area (Å²) in [5.74, 6) is -0.371. The monoisotopic (exact) mass is 328 g/mol. The number of tetrazole rings is 1. The SMILES string of the molecule is Cc1csc(-c2nnnn2C(CC(=O)O)C(C)(C)C)c1Cl. The number of rotatable bonds is 4. The van der Waals surface area contributed by atoms with E-state index < -0.39 is 5.97 Å². The summed E-state index contributed by atoms with van der Waals surface area (Å²) in [5.41, 5.74) is 0.651. The molecule has 0 aliphatic carbocycles. The molecule has 2 rings (SSSR count). The molecule has 1 N–H and O–H groups in total. The zero-order valence-corrected chi connectivity index (χ0v) is 13.9. The van der Waals surface area contributed by atoms with Crippen LogP contribution >= 0.6 is 22.9 Å². The van der Waals surface area contributed by atoms with Crippen molar-refractivity contribution in [2.75, 3.05) is 0 Å². The van der Waals surface area contributed by atoms with Crippen molar-refractivity contribution in [3.63, 3.8) is 0 Å². The van der Waals surface area contributed by atoms with Crippen LogP contribution in [0.3, 0.4) is 0 Å². The number of carboxylic acid groups (broad SMARTS) is 1. The van der Waals surface area contributed by atoms with Gasteiger partial charge in [-0.05, 0) is 33.7 Å². The fourth-order valence-corrected chi connectivity index (χ4v) is 3.31. The van der Waals surface area contributed by atoms with Gasteiger partial charge in [0.2, 0.25) is 0 Å². The summed E-state index contributed by atoms with van der Waals surface area (Å²) in [5, 5.41) is 23.5. The Bertz CT molecular complexity index is 659. The van der Waals surface area contributed by atoms with Crippen molar-refractivity contribution < 1.29 is 9.90 Å². The zero-order valence-electron chi connectivity index (χ0n) is 12.3. The first-order valence-electron chi connectivity index (χ1n) is 6.45. The van der Waals surface area contributed by atoms with Gasteiger partial charge in [0.1, 0.15) is 0 Å². The van der Waals surface area contributed by atoms with Crippen LogP contribution in [0.4, 0.5) is 0 Å². The molecule has 0 spiro atoms. The molecule has 0 saturated carbocycles. The minimum Gasteiger partial charge on any atom is -0.481 e. The largest absolute Gasteiger partial charge is 0.481 e. The van der Waals surface area contributed by atoms with Gasteiger partial charge in [-0.2, -0.15) is 0 Å². The second-order valence-corrected chi connectivity index (χ2v) is 7.25. The van der Waals surface area contributed by atoms with Gasteiger partial charge in [-0.3, -0.25) is 4.79 Å². The third kappa shape index (κ3) is 3.24. The first kappa shape index (κ1) is 15.9. The second kappa shape index (κ2) is 5.73. The molecule has 0 aliphatic heterocycles. The van der Waals surface area contributed by atoms with E-state index in [9.17, 15) is 4.79 Å². The van der Waals surface area contributed by atoms with Crippen LogP contribution < -0.4 is 0 Å². The highest BCUT2D eigenvalue weighted by molar-refractivity contribution is 7.14. The predicted molar refractivity (Wildman–Crippen MR) is 81.6 cm³/mol. The number of nitrogens with zero attached hydrogens (tertiary/aromatic N) is 4. The van der Waals surface area contributed by atoms with Crippen LogP contribution in [0.5, 0.6) is 0 Å². The minimum absolute atomic E-state index is 0.0521. The molecule has 0 saturated heterocycles. The van der Waals surface area contributed by atoms with Crippen molar-refractivity contribution >= 4 is 28.9 Å². The summed E-state index contributed by atoms with van der Waals surface area (Å²) in [6.45, 7) is 7.81. The van der Waals surface area contributed by atoms with Crippen LogP contribution in [0.25, 0.3) is 10.7 Å². The Morgan fingerprint density at radius 1 is 1.52 bits per heavy atom. The van der Waals surface area contributed by atoms with Gasteiger partial charge in [0.15, 0.2) is 5.82 Å². The zero-order chi connectivity index (χ0) is 15.8. The summed E-state index contributed by atoms with van der Waals surface area (Å²) in [6, 6.07) is -0.363. The minimum atomic E-state index is -0.884. The fraction of sp³-hybridized carbons (Fsp3) is 0.538. The third-order valence-corrected chi connectivity index (χ3v) is 4.95. The van der Waals surface area contributed by atoms with E-state index in [1.54, 1.807) is 4.68 Å². The first-order chi connectivity index (χ1) is 9.71. The summed E-state index contributed by atoms with van der Waals surface area (Å²) in [4.78, 5) is 11.9. The first-order valence-corrected chi connectivity index (χ1v) is 7.71. The van der Waals surface area contributed by atoms with Crippen molar-refractivity contribution in [1.29, 1.82) is 0 Å². The van der Waals surface area contributed by atoms with Crippen LogP contribution in [0.15, 0.2) is 5.38 Å². The lowest BCUT2D eigenvalue weighted by atomic mass is 9.85. The van der Waals surface area contributed by atoms with Gasteiger partial charge in [-0.15, -0.1) is 16.4 Å². The van der Waals surface area contributed by atoms with E-state index >= 15 is 0 Å². The van der Waals surface area contributed by atoms with E-state index in [1.165, 1.54) is 11.3 Å². The Kier molecular flexibility index (Phi) is 4.34. The molecule has 2 aromatic heterocycles. The van der Waals surface area contributed by atoms with Gasteiger partial charge in [0.25, 0.3) is 0 Å². The van der Waals surface area contributed by atoms with E-state index in [0.29, 0.717) is 10.8 Å². The molecule has 8 heteroatoms. The van der Waals surface area contributed by atoms with Crippen LogP contribution in [0.2, 0.25) is 5.02 Å². The van der Waals surface area contributed by atoms with Gasteiger partial charge < -0.3 is 5.11 Å². The number of carbonyl (C=O) groups is 1. The average molecular weight is 329 g/mol. The Morgan fingerprint density at radius 3 is 2.67 bits per heavy atom. The molecule has 0 bridgehead atoms. The number of aliphatic carboxylic acids is 1. The molecular formula is C13H17ClN4O2S. The summed E-state index contributed by atoms with van der Waals surface area (Å²) >= 11 is 7.73. The van der Waals surface area contributed by atoms with E-state index in [-0.39, 0.29) is 17.9 Å². The maximum atomic E-state index is 11.2. The Morgan fingerprint density at radius 2 is 2.19 bits per heavy atom. The van der Waals surface area contributed by atoms with Gasteiger partial charge >= 0.3 is 5.97 Å². The highest BCUT2D eigenvalue weighted by Gasteiger charge is 2.32. The quantitative estimate of drug-likeness (QED) is 0.930.